The van der Waals surface area contributed by atoms with Gasteiger partial charge in [0, 0.05) is 6.04 Å². The van der Waals surface area contributed by atoms with E-state index in [1.807, 2.05) is 0 Å². The fraction of sp³-hybridized carbons (Fsp3) is 0.923. The summed E-state index contributed by atoms with van der Waals surface area (Å²) in [5.41, 5.74) is 5.87. The Kier molecular flexibility index (Phi) is 7.57. The second kappa shape index (κ2) is 8.41. The molecule has 0 aromatic rings. The van der Waals surface area contributed by atoms with E-state index in [-0.39, 0.29) is 29.2 Å². The lowest BCUT2D eigenvalue weighted by Crippen LogP contribution is -2.40. The van der Waals surface area contributed by atoms with Gasteiger partial charge in [-0.15, -0.1) is 24.0 Å². The van der Waals surface area contributed by atoms with Crippen LogP contribution in [0.1, 0.15) is 51.4 Å². The highest BCUT2D eigenvalue weighted by Gasteiger charge is 2.30. The number of aliphatic imine (C=N–C) groups is 1. The summed E-state index contributed by atoms with van der Waals surface area (Å²) in [6.45, 7) is 0.313. The highest BCUT2D eigenvalue weighted by Crippen LogP contribution is 2.20. The van der Waals surface area contributed by atoms with E-state index in [9.17, 15) is 8.42 Å². The molecule has 7 heteroatoms. The van der Waals surface area contributed by atoms with E-state index >= 15 is 0 Å². The van der Waals surface area contributed by atoms with E-state index in [1.54, 1.807) is 0 Å². The summed E-state index contributed by atoms with van der Waals surface area (Å²) in [6, 6.07) is 0.409. The van der Waals surface area contributed by atoms with Crippen LogP contribution in [0.5, 0.6) is 0 Å². The molecule has 0 amide bonds. The number of hydrogen-bond acceptors (Lipinski definition) is 3. The largest absolute Gasteiger partial charge is 0.370 e. The van der Waals surface area contributed by atoms with Crippen molar-refractivity contribution in [2.45, 2.75) is 62.7 Å². The van der Waals surface area contributed by atoms with Gasteiger partial charge in [-0.3, -0.25) is 4.99 Å². The number of halogens is 1. The standard InChI is InChI=1S/C13H25N3O2S.HI/c14-13(16-11-6-3-1-2-4-7-11)15-10-12-8-5-9-19(12,17)18;/h11-12H,1-10H2,(H3,14,15,16);1H. The van der Waals surface area contributed by atoms with Gasteiger partial charge in [-0.1, -0.05) is 25.7 Å². The molecule has 0 radical (unpaired) electrons. The Morgan fingerprint density at radius 2 is 1.75 bits per heavy atom. The molecule has 0 aromatic carbocycles. The highest BCUT2D eigenvalue weighted by atomic mass is 127. The fourth-order valence-corrected chi connectivity index (χ4v) is 4.67. The summed E-state index contributed by atoms with van der Waals surface area (Å²) >= 11 is 0. The van der Waals surface area contributed by atoms with Crippen molar-refractivity contribution < 1.29 is 8.42 Å². The summed E-state index contributed by atoms with van der Waals surface area (Å²) in [6.07, 6.45) is 8.84. The van der Waals surface area contributed by atoms with Gasteiger partial charge in [-0.25, -0.2) is 8.42 Å². The minimum absolute atomic E-state index is 0. The Labute approximate surface area is 139 Å². The predicted octanol–water partition coefficient (Wildman–Crippen LogP) is 1.81. The van der Waals surface area contributed by atoms with Gasteiger partial charge >= 0.3 is 0 Å². The Balaban J connectivity index is 0.00000200. The Morgan fingerprint density at radius 1 is 1.10 bits per heavy atom. The van der Waals surface area contributed by atoms with Crippen molar-refractivity contribution in [2.24, 2.45) is 10.7 Å². The van der Waals surface area contributed by atoms with Crippen LogP contribution in [0.15, 0.2) is 4.99 Å². The first-order chi connectivity index (χ1) is 9.08. The molecule has 20 heavy (non-hydrogen) atoms. The van der Waals surface area contributed by atoms with Crippen LogP contribution in [-0.4, -0.2) is 38.0 Å². The molecule has 118 valence electrons. The molecule has 2 aliphatic rings. The van der Waals surface area contributed by atoms with Gasteiger partial charge in [-0.05, 0) is 25.7 Å². The Morgan fingerprint density at radius 3 is 2.30 bits per heavy atom. The molecular formula is C13H26IN3O2S. The molecule has 1 saturated heterocycles. The van der Waals surface area contributed by atoms with Gasteiger partial charge in [0.05, 0.1) is 17.5 Å². The lowest BCUT2D eigenvalue weighted by Gasteiger charge is -2.17. The molecule has 1 aliphatic carbocycles. The van der Waals surface area contributed by atoms with E-state index in [4.69, 9.17) is 5.73 Å². The van der Waals surface area contributed by atoms with E-state index < -0.39 is 9.84 Å². The van der Waals surface area contributed by atoms with Crippen LogP contribution >= 0.6 is 24.0 Å². The van der Waals surface area contributed by atoms with Gasteiger partial charge < -0.3 is 11.1 Å². The zero-order valence-corrected chi connectivity index (χ0v) is 15.0. The zero-order chi connectivity index (χ0) is 13.7. The third kappa shape index (κ3) is 5.38. The first kappa shape index (κ1) is 18.0. The second-order valence-electron chi connectivity index (χ2n) is 5.69. The quantitative estimate of drug-likeness (QED) is 0.319. The molecule has 0 aromatic heterocycles. The molecule has 1 saturated carbocycles. The van der Waals surface area contributed by atoms with Crippen molar-refractivity contribution in [3.05, 3.63) is 0 Å². The van der Waals surface area contributed by atoms with Crippen LogP contribution in [0.4, 0.5) is 0 Å². The van der Waals surface area contributed by atoms with Crippen molar-refractivity contribution in [2.75, 3.05) is 12.3 Å². The number of hydrogen-bond donors (Lipinski definition) is 2. The van der Waals surface area contributed by atoms with Crippen molar-refractivity contribution in [1.29, 1.82) is 0 Å². The van der Waals surface area contributed by atoms with Crippen molar-refractivity contribution >= 4 is 39.8 Å². The Hall–Kier alpha value is -0.0500. The predicted molar refractivity (Wildman–Crippen MR) is 93.3 cm³/mol. The normalized spacial score (nSPS) is 27.6. The number of nitrogens with one attached hydrogen (secondary N) is 1. The van der Waals surface area contributed by atoms with Crippen LogP contribution in [0, 0.1) is 0 Å². The van der Waals surface area contributed by atoms with Crippen molar-refractivity contribution in [3.63, 3.8) is 0 Å². The topological polar surface area (TPSA) is 84.5 Å². The van der Waals surface area contributed by atoms with E-state index in [0.29, 0.717) is 24.3 Å². The van der Waals surface area contributed by atoms with Crippen LogP contribution in [0.3, 0.4) is 0 Å². The maximum Gasteiger partial charge on any atom is 0.188 e. The third-order valence-electron chi connectivity index (χ3n) is 4.14. The third-order valence-corrected chi connectivity index (χ3v) is 6.39. The van der Waals surface area contributed by atoms with Crippen LogP contribution in [0.25, 0.3) is 0 Å². The maximum absolute atomic E-state index is 11.7. The Bertz CT molecular complexity index is 417. The summed E-state index contributed by atoms with van der Waals surface area (Å²) in [7, 11) is -2.91. The number of nitrogens with zero attached hydrogens (tertiary/aromatic N) is 1. The number of guanidine groups is 1. The molecule has 1 unspecified atom stereocenters. The summed E-state index contributed by atoms with van der Waals surface area (Å²) < 4.78 is 23.4. The minimum atomic E-state index is -2.91. The molecule has 2 fully saturated rings. The lowest BCUT2D eigenvalue weighted by atomic mass is 10.1. The molecule has 0 bridgehead atoms. The molecule has 2 rings (SSSR count). The molecule has 1 aliphatic heterocycles. The summed E-state index contributed by atoms with van der Waals surface area (Å²) in [4.78, 5) is 4.23. The van der Waals surface area contributed by atoms with Gasteiger partial charge in [0.25, 0.3) is 0 Å². The van der Waals surface area contributed by atoms with Crippen LogP contribution in [0.2, 0.25) is 0 Å². The number of nitrogens with two attached hydrogens (primary N) is 1. The fourth-order valence-electron chi connectivity index (χ4n) is 2.94. The smallest absolute Gasteiger partial charge is 0.188 e. The van der Waals surface area contributed by atoms with E-state index in [2.05, 4.69) is 10.3 Å². The first-order valence-corrected chi connectivity index (χ1v) is 9.07. The minimum Gasteiger partial charge on any atom is -0.370 e. The van der Waals surface area contributed by atoms with E-state index in [0.717, 1.165) is 25.7 Å². The molecular weight excluding hydrogens is 389 g/mol. The molecule has 1 heterocycles. The van der Waals surface area contributed by atoms with Gasteiger partial charge in [0.15, 0.2) is 15.8 Å². The second-order valence-corrected chi connectivity index (χ2v) is 8.09. The highest BCUT2D eigenvalue weighted by molar-refractivity contribution is 14.0. The average molecular weight is 415 g/mol. The molecule has 3 N–H and O–H groups in total. The van der Waals surface area contributed by atoms with Crippen LogP contribution in [-0.2, 0) is 9.84 Å². The van der Waals surface area contributed by atoms with Crippen molar-refractivity contribution in [1.82, 2.24) is 5.32 Å². The average Bonchev–Trinajstić information content (AvgIpc) is 2.54. The SMILES string of the molecule is I.NC(=NCC1CCCS1(=O)=O)NC1CCCCCC1. The summed E-state index contributed by atoms with van der Waals surface area (Å²) in [5, 5.41) is 2.93. The lowest BCUT2D eigenvalue weighted by molar-refractivity contribution is 0.529. The van der Waals surface area contributed by atoms with E-state index in [1.165, 1.54) is 25.7 Å². The van der Waals surface area contributed by atoms with Gasteiger partial charge in [-0.2, -0.15) is 0 Å². The number of rotatable bonds is 3. The monoisotopic (exact) mass is 415 g/mol. The first-order valence-electron chi connectivity index (χ1n) is 7.36. The van der Waals surface area contributed by atoms with Gasteiger partial charge in [0.2, 0.25) is 0 Å². The van der Waals surface area contributed by atoms with Crippen LogP contribution < -0.4 is 11.1 Å². The zero-order valence-electron chi connectivity index (χ0n) is 11.9. The maximum atomic E-state index is 11.7. The van der Waals surface area contributed by atoms with Gasteiger partial charge in [0.1, 0.15) is 0 Å². The molecule has 1 atom stereocenters. The van der Waals surface area contributed by atoms with Crippen molar-refractivity contribution in [3.8, 4) is 0 Å². The molecule has 0 spiro atoms. The number of sulfone groups is 1. The molecule has 5 nitrogen and oxygen atoms in total. The summed E-state index contributed by atoms with van der Waals surface area (Å²) in [5.74, 6) is 0.720.